The van der Waals surface area contributed by atoms with E-state index in [9.17, 15) is 4.79 Å². The highest BCUT2D eigenvalue weighted by atomic mass is 32.1. The highest BCUT2D eigenvalue weighted by molar-refractivity contribution is 7.17. The predicted molar refractivity (Wildman–Crippen MR) is 62.2 cm³/mol. The number of aromatic nitrogens is 1. The van der Waals surface area contributed by atoms with Gasteiger partial charge >= 0.3 is 0 Å². The molecular weight excluding hydrogens is 206 g/mol. The van der Waals surface area contributed by atoms with Gasteiger partial charge in [-0.15, -0.1) is 11.3 Å². The van der Waals surface area contributed by atoms with Crippen molar-refractivity contribution in [1.29, 1.82) is 0 Å². The summed E-state index contributed by atoms with van der Waals surface area (Å²) in [6.45, 7) is 1.88. The quantitative estimate of drug-likeness (QED) is 0.737. The molecule has 0 amide bonds. The number of hydrogen-bond donors (Lipinski definition) is 0. The molecule has 2 nitrogen and oxygen atoms in total. The van der Waals surface area contributed by atoms with Crippen LogP contribution < -0.4 is 0 Å². The van der Waals surface area contributed by atoms with Gasteiger partial charge in [-0.2, -0.15) is 0 Å². The Morgan fingerprint density at radius 1 is 1.40 bits per heavy atom. The second-order valence-corrected chi connectivity index (χ2v) is 4.27. The zero-order chi connectivity index (χ0) is 10.7. The number of carbonyl (C=O) groups is 1. The van der Waals surface area contributed by atoms with E-state index in [1.807, 2.05) is 37.4 Å². The number of rotatable bonds is 3. The van der Waals surface area contributed by atoms with Crippen molar-refractivity contribution in [2.24, 2.45) is 0 Å². The van der Waals surface area contributed by atoms with Crippen molar-refractivity contribution in [3.8, 4) is 10.4 Å². The van der Waals surface area contributed by atoms with Gasteiger partial charge in [0.05, 0.1) is 4.88 Å². The Bertz CT molecular complexity index is 461. The van der Waals surface area contributed by atoms with Gasteiger partial charge in [0, 0.05) is 29.3 Å². The monoisotopic (exact) mass is 217 g/mol. The normalized spacial score (nSPS) is 10.2. The number of ketones is 1. The summed E-state index contributed by atoms with van der Waals surface area (Å²) in [7, 11) is 0. The largest absolute Gasteiger partial charge is 0.293 e. The molecule has 0 N–H and O–H groups in total. The van der Waals surface area contributed by atoms with Crippen LogP contribution in [0.1, 0.15) is 23.0 Å². The number of hydrogen-bond acceptors (Lipinski definition) is 3. The van der Waals surface area contributed by atoms with E-state index in [4.69, 9.17) is 0 Å². The summed E-state index contributed by atoms with van der Waals surface area (Å²) >= 11 is 1.53. The molecule has 2 aromatic rings. The van der Waals surface area contributed by atoms with Gasteiger partial charge in [-0.05, 0) is 18.2 Å². The molecule has 0 atom stereocenters. The molecule has 2 heterocycles. The topological polar surface area (TPSA) is 30.0 Å². The molecule has 0 saturated carbocycles. The highest BCUT2D eigenvalue weighted by Crippen LogP contribution is 2.27. The van der Waals surface area contributed by atoms with Gasteiger partial charge in [-0.1, -0.05) is 13.0 Å². The van der Waals surface area contributed by atoms with E-state index >= 15 is 0 Å². The number of carbonyl (C=O) groups excluding carboxylic acids is 1. The molecule has 0 aliphatic carbocycles. The lowest BCUT2D eigenvalue weighted by atomic mass is 10.2. The Labute approximate surface area is 92.6 Å². The fourth-order valence-corrected chi connectivity index (χ4v) is 2.33. The van der Waals surface area contributed by atoms with Crippen molar-refractivity contribution >= 4 is 17.1 Å². The maximum absolute atomic E-state index is 11.5. The van der Waals surface area contributed by atoms with Gasteiger partial charge < -0.3 is 0 Å². The second-order valence-electron chi connectivity index (χ2n) is 3.18. The van der Waals surface area contributed by atoms with E-state index in [2.05, 4.69) is 4.98 Å². The first kappa shape index (κ1) is 10.1. The molecule has 0 fully saturated rings. The van der Waals surface area contributed by atoms with E-state index in [0.717, 1.165) is 15.3 Å². The Balaban J connectivity index is 2.32. The number of thiophene rings is 1. The second kappa shape index (κ2) is 4.36. The van der Waals surface area contributed by atoms with Crippen LogP contribution in [0.4, 0.5) is 0 Å². The average Bonchev–Trinajstić information content (AvgIpc) is 2.78. The van der Waals surface area contributed by atoms with Crippen LogP contribution in [0, 0.1) is 0 Å². The molecule has 2 rings (SSSR count). The Kier molecular flexibility index (Phi) is 2.92. The maximum atomic E-state index is 11.5. The number of nitrogens with zero attached hydrogens (tertiary/aromatic N) is 1. The van der Waals surface area contributed by atoms with Crippen LogP contribution in [-0.4, -0.2) is 10.8 Å². The molecule has 0 spiro atoms. The van der Waals surface area contributed by atoms with E-state index in [1.54, 1.807) is 6.20 Å². The van der Waals surface area contributed by atoms with Crippen molar-refractivity contribution < 1.29 is 4.79 Å². The maximum Gasteiger partial charge on any atom is 0.172 e. The minimum absolute atomic E-state index is 0.204. The Morgan fingerprint density at radius 3 is 2.93 bits per heavy atom. The summed E-state index contributed by atoms with van der Waals surface area (Å²) < 4.78 is 0. The molecule has 0 bridgehead atoms. The third kappa shape index (κ3) is 2.13. The molecular formula is C12H11NOS. The molecule has 2 aromatic heterocycles. The van der Waals surface area contributed by atoms with Crippen LogP contribution in [0.15, 0.2) is 36.7 Å². The summed E-state index contributed by atoms with van der Waals surface area (Å²) in [5.74, 6) is 0.204. The van der Waals surface area contributed by atoms with E-state index in [0.29, 0.717) is 6.42 Å². The first-order valence-corrected chi connectivity index (χ1v) is 5.66. The third-order valence-electron chi connectivity index (χ3n) is 2.15. The van der Waals surface area contributed by atoms with Gasteiger partial charge in [-0.3, -0.25) is 9.78 Å². The standard InChI is InChI=1S/C12H11NOS/c1-2-10(14)12-6-5-11(15-12)9-4-3-7-13-8-9/h3-8H,2H2,1H3. The van der Waals surface area contributed by atoms with Crippen molar-refractivity contribution in [3.05, 3.63) is 41.5 Å². The van der Waals surface area contributed by atoms with Gasteiger partial charge in [0.25, 0.3) is 0 Å². The first-order valence-electron chi connectivity index (χ1n) is 4.84. The van der Waals surface area contributed by atoms with Crippen LogP contribution in [0.2, 0.25) is 0 Å². The van der Waals surface area contributed by atoms with Gasteiger partial charge in [0.1, 0.15) is 0 Å². The fraction of sp³-hybridized carbons (Fsp3) is 0.167. The molecule has 0 radical (unpaired) electrons. The van der Waals surface area contributed by atoms with Crippen LogP contribution >= 0.6 is 11.3 Å². The third-order valence-corrected chi connectivity index (χ3v) is 3.32. The van der Waals surface area contributed by atoms with Crippen molar-refractivity contribution in [2.75, 3.05) is 0 Å². The van der Waals surface area contributed by atoms with E-state index in [1.165, 1.54) is 11.3 Å². The molecule has 0 saturated heterocycles. The van der Waals surface area contributed by atoms with Gasteiger partial charge in [0.2, 0.25) is 0 Å². The Morgan fingerprint density at radius 2 is 2.27 bits per heavy atom. The molecule has 76 valence electrons. The summed E-state index contributed by atoms with van der Waals surface area (Å²) in [6, 6.07) is 7.76. The summed E-state index contributed by atoms with van der Waals surface area (Å²) in [6.07, 6.45) is 4.12. The molecule has 0 unspecified atom stereocenters. The lowest BCUT2D eigenvalue weighted by molar-refractivity contribution is 0.0992. The number of Topliss-reactive ketones (excluding diaryl/α,β-unsaturated/α-hetero) is 1. The zero-order valence-electron chi connectivity index (χ0n) is 8.43. The van der Waals surface area contributed by atoms with Crippen LogP contribution in [0.5, 0.6) is 0 Å². The van der Waals surface area contributed by atoms with Crippen molar-refractivity contribution in [2.45, 2.75) is 13.3 Å². The summed E-state index contributed by atoms with van der Waals surface area (Å²) in [5, 5.41) is 0. The molecule has 3 heteroatoms. The van der Waals surface area contributed by atoms with Crippen LogP contribution in [-0.2, 0) is 0 Å². The molecule has 15 heavy (non-hydrogen) atoms. The summed E-state index contributed by atoms with van der Waals surface area (Å²) in [4.78, 5) is 17.4. The zero-order valence-corrected chi connectivity index (χ0v) is 9.25. The number of pyridine rings is 1. The predicted octanol–water partition coefficient (Wildman–Crippen LogP) is 3.40. The fourth-order valence-electron chi connectivity index (χ4n) is 1.33. The highest BCUT2D eigenvalue weighted by Gasteiger charge is 2.07. The average molecular weight is 217 g/mol. The first-order chi connectivity index (χ1) is 7.31. The van der Waals surface area contributed by atoms with Crippen molar-refractivity contribution in [1.82, 2.24) is 4.98 Å². The van der Waals surface area contributed by atoms with E-state index in [-0.39, 0.29) is 5.78 Å². The smallest absolute Gasteiger partial charge is 0.172 e. The van der Waals surface area contributed by atoms with Crippen LogP contribution in [0.25, 0.3) is 10.4 Å². The van der Waals surface area contributed by atoms with Gasteiger partial charge in [-0.25, -0.2) is 0 Å². The summed E-state index contributed by atoms with van der Waals surface area (Å²) in [5.41, 5.74) is 1.07. The lowest BCUT2D eigenvalue weighted by Gasteiger charge is -1.94. The molecule has 0 aliphatic rings. The van der Waals surface area contributed by atoms with Crippen molar-refractivity contribution in [3.63, 3.8) is 0 Å². The van der Waals surface area contributed by atoms with E-state index < -0.39 is 0 Å². The van der Waals surface area contributed by atoms with Crippen LogP contribution in [0.3, 0.4) is 0 Å². The minimum atomic E-state index is 0.204. The van der Waals surface area contributed by atoms with Gasteiger partial charge in [0.15, 0.2) is 5.78 Å². The molecule has 0 aliphatic heterocycles. The molecule has 0 aromatic carbocycles. The lowest BCUT2D eigenvalue weighted by Crippen LogP contribution is -1.90. The Hall–Kier alpha value is -1.48. The minimum Gasteiger partial charge on any atom is -0.293 e. The SMILES string of the molecule is CCC(=O)c1ccc(-c2cccnc2)s1.